The molecule has 2 aromatic carbocycles. The van der Waals surface area contributed by atoms with Gasteiger partial charge in [0.2, 0.25) is 0 Å². The first-order valence-electron chi connectivity index (χ1n) is 7.04. The van der Waals surface area contributed by atoms with Crippen LogP contribution in [0.15, 0.2) is 53.4 Å². The second kappa shape index (κ2) is 7.20. The second-order valence-corrected chi connectivity index (χ2v) is 6.23. The van der Waals surface area contributed by atoms with Gasteiger partial charge >= 0.3 is 6.18 Å². The van der Waals surface area contributed by atoms with Gasteiger partial charge in [0.1, 0.15) is 0 Å². The van der Waals surface area contributed by atoms with E-state index in [-0.39, 0.29) is 0 Å². The van der Waals surface area contributed by atoms with Crippen molar-refractivity contribution < 1.29 is 13.2 Å². The molecule has 5 heteroatoms. The molecule has 0 amide bonds. The minimum absolute atomic E-state index is 0.471. The van der Waals surface area contributed by atoms with Crippen LogP contribution in [0.4, 0.5) is 13.2 Å². The first kappa shape index (κ1) is 16.9. The van der Waals surface area contributed by atoms with Crippen molar-refractivity contribution in [2.24, 2.45) is 0 Å². The smallest absolute Gasteiger partial charge is 0.242 e. The lowest BCUT2D eigenvalue weighted by atomic mass is 10.1. The van der Waals surface area contributed by atoms with Gasteiger partial charge in [-0.25, -0.2) is 4.31 Å². The molecule has 0 aliphatic heterocycles. The average molecular weight is 325 g/mol. The van der Waals surface area contributed by atoms with E-state index in [2.05, 4.69) is 0 Å². The molecule has 0 spiro atoms. The highest BCUT2D eigenvalue weighted by atomic mass is 32.2. The molecule has 0 saturated carbocycles. The van der Waals surface area contributed by atoms with Gasteiger partial charge in [-0.2, -0.15) is 13.2 Å². The number of alkyl halides is 3. The molecule has 22 heavy (non-hydrogen) atoms. The number of hydrogen-bond acceptors (Lipinski definition) is 2. The third-order valence-corrected chi connectivity index (χ3v) is 4.35. The number of halogens is 3. The molecule has 0 heterocycles. The monoisotopic (exact) mass is 325 g/mol. The molecule has 0 unspecified atom stereocenters. The van der Waals surface area contributed by atoms with Crippen molar-refractivity contribution in [1.29, 1.82) is 0 Å². The molecule has 0 saturated heterocycles. The summed E-state index contributed by atoms with van der Waals surface area (Å²) in [7, 11) is 0. The summed E-state index contributed by atoms with van der Waals surface area (Å²) in [6.45, 7) is 5.23. The zero-order valence-electron chi connectivity index (χ0n) is 12.5. The molecule has 0 bridgehead atoms. The normalized spacial score (nSPS) is 11.9. The van der Waals surface area contributed by atoms with Gasteiger partial charge in [0.15, 0.2) is 0 Å². The summed E-state index contributed by atoms with van der Waals surface area (Å²) in [5, 5.41) is 0. The Balaban J connectivity index is 2.08. The highest BCUT2D eigenvalue weighted by molar-refractivity contribution is 7.97. The van der Waals surface area contributed by atoms with Crippen LogP contribution in [-0.4, -0.2) is 10.8 Å². The SMILES string of the molecule is CCN(Cc1cccc(C(F)(F)F)c1)Sc1ccc(C)cc1. The number of nitrogens with zero attached hydrogens (tertiary/aromatic N) is 1. The van der Waals surface area contributed by atoms with Gasteiger partial charge in [-0.3, -0.25) is 0 Å². The predicted molar refractivity (Wildman–Crippen MR) is 84.6 cm³/mol. The number of benzene rings is 2. The van der Waals surface area contributed by atoms with Crippen LogP contribution < -0.4 is 0 Å². The second-order valence-electron chi connectivity index (χ2n) is 5.06. The predicted octanol–water partition coefficient (Wildman–Crippen LogP) is 5.54. The van der Waals surface area contributed by atoms with Crippen molar-refractivity contribution in [1.82, 2.24) is 4.31 Å². The number of hydrogen-bond donors (Lipinski definition) is 0. The topological polar surface area (TPSA) is 3.24 Å². The highest BCUT2D eigenvalue weighted by Crippen LogP contribution is 2.31. The van der Waals surface area contributed by atoms with E-state index in [0.29, 0.717) is 12.1 Å². The Morgan fingerprint density at radius 3 is 2.32 bits per heavy atom. The van der Waals surface area contributed by atoms with Gasteiger partial charge < -0.3 is 0 Å². The maximum atomic E-state index is 12.8. The van der Waals surface area contributed by atoms with Crippen molar-refractivity contribution in [2.75, 3.05) is 6.54 Å². The lowest BCUT2D eigenvalue weighted by Crippen LogP contribution is -2.15. The van der Waals surface area contributed by atoms with Gasteiger partial charge in [-0.15, -0.1) is 0 Å². The third-order valence-electron chi connectivity index (χ3n) is 3.22. The number of rotatable bonds is 5. The van der Waals surface area contributed by atoms with E-state index in [9.17, 15) is 13.2 Å². The van der Waals surface area contributed by atoms with E-state index < -0.39 is 11.7 Å². The molecular formula is C17H18F3NS. The third kappa shape index (κ3) is 4.78. The Hall–Kier alpha value is -1.46. The molecule has 0 aliphatic carbocycles. The highest BCUT2D eigenvalue weighted by Gasteiger charge is 2.30. The van der Waals surface area contributed by atoms with Crippen molar-refractivity contribution in [3.8, 4) is 0 Å². The maximum absolute atomic E-state index is 12.8. The van der Waals surface area contributed by atoms with Crippen LogP contribution in [0.25, 0.3) is 0 Å². The van der Waals surface area contributed by atoms with E-state index in [1.54, 1.807) is 18.0 Å². The van der Waals surface area contributed by atoms with Crippen LogP contribution in [0.1, 0.15) is 23.6 Å². The summed E-state index contributed by atoms with van der Waals surface area (Å²) in [4.78, 5) is 1.08. The van der Waals surface area contributed by atoms with Gasteiger partial charge in [0, 0.05) is 18.0 Å². The fourth-order valence-corrected chi connectivity index (χ4v) is 2.91. The van der Waals surface area contributed by atoms with Gasteiger partial charge in [0.05, 0.1) is 5.56 Å². The van der Waals surface area contributed by atoms with Crippen molar-refractivity contribution >= 4 is 11.9 Å². The van der Waals surface area contributed by atoms with Crippen LogP contribution in [0.2, 0.25) is 0 Å². The summed E-state index contributed by atoms with van der Waals surface area (Å²) >= 11 is 1.56. The quantitative estimate of drug-likeness (QED) is 0.664. The lowest BCUT2D eigenvalue weighted by molar-refractivity contribution is -0.137. The van der Waals surface area contributed by atoms with Crippen LogP contribution in [0, 0.1) is 6.92 Å². The minimum atomic E-state index is -4.29. The van der Waals surface area contributed by atoms with Crippen LogP contribution in [0.3, 0.4) is 0 Å². The van der Waals surface area contributed by atoms with Gasteiger partial charge in [0.25, 0.3) is 0 Å². The molecule has 0 N–H and O–H groups in total. The molecule has 1 nitrogen and oxygen atoms in total. The Morgan fingerprint density at radius 1 is 1.05 bits per heavy atom. The fourth-order valence-electron chi connectivity index (χ4n) is 2.01. The lowest BCUT2D eigenvalue weighted by Gasteiger charge is -2.20. The molecule has 2 aromatic rings. The molecule has 118 valence electrons. The van der Waals surface area contributed by atoms with E-state index in [1.807, 2.05) is 42.4 Å². The van der Waals surface area contributed by atoms with E-state index in [1.165, 1.54) is 17.7 Å². The Labute approximate surface area is 133 Å². The Kier molecular flexibility index (Phi) is 5.53. The summed E-state index contributed by atoms with van der Waals surface area (Å²) in [5.41, 5.74) is 1.25. The summed E-state index contributed by atoms with van der Waals surface area (Å²) < 4.78 is 40.3. The standard InChI is InChI=1S/C17H18F3NS/c1-3-21(22-16-9-7-13(2)8-10-16)12-14-5-4-6-15(11-14)17(18,19)20/h4-11H,3,12H2,1-2H3. The summed E-state index contributed by atoms with van der Waals surface area (Å²) in [5.74, 6) is 0. The van der Waals surface area contributed by atoms with E-state index in [0.717, 1.165) is 17.5 Å². The first-order valence-corrected chi connectivity index (χ1v) is 7.81. The Morgan fingerprint density at radius 2 is 1.73 bits per heavy atom. The zero-order chi connectivity index (χ0) is 16.2. The Bertz CT molecular complexity index is 608. The molecule has 2 rings (SSSR count). The van der Waals surface area contributed by atoms with Crippen LogP contribution in [-0.2, 0) is 12.7 Å². The van der Waals surface area contributed by atoms with Gasteiger partial charge in [-0.1, -0.05) is 42.8 Å². The average Bonchev–Trinajstić information content (AvgIpc) is 2.48. The van der Waals surface area contributed by atoms with Crippen LogP contribution in [0.5, 0.6) is 0 Å². The largest absolute Gasteiger partial charge is 0.416 e. The van der Waals surface area contributed by atoms with Gasteiger partial charge in [-0.05, 0) is 42.6 Å². The van der Waals surface area contributed by atoms with E-state index in [4.69, 9.17) is 0 Å². The minimum Gasteiger partial charge on any atom is -0.242 e. The summed E-state index contributed by atoms with van der Waals surface area (Å²) in [6, 6.07) is 13.6. The van der Waals surface area contributed by atoms with Crippen molar-refractivity contribution in [3.63, 3.8) is 0 Å². The molecule has 0 fully saturated rings. The van der Waals surface area contributed by atoms with Crippen LogP contribution >= 0.6 is 11.9 Å². The molecule has 0 aromatic heterocycles. The maximum Gasteiger partial charge on any atom is 0.416 e. The molecule has 0 atom stereocenters. The first-order chi connectivity index (χ1) is 10.4. The molecular weight excluding hydrogens is 307 g/mol. The van der Waals surface area contributed by atoms with Crippen molar-refractivity contribution in [3.05, 3.63) is 65.2 Å². The van der Waals surface area contributed by atoms with Crippen molar-refractivity contribution in [2.45, 2.75) is 31.5 Å². The van der Waals surface area contributed by atoms with E-state index >= 15 is 0 Å². The summed E-state index contributed by atoms with van der Waals surface area (Å²) in [6.07, 6.45) is -4.29. The molecule has 0 radical (unpaired) electrons. The zero-order valence-corrected chi connectivity index (χ0v) is 13.3. The fraction of sp³-hybridized carbons (Fsp3) is 0.294. The number of aryl methyl sites for hydroxylation is 1. The molecule has 0 aliphatic rings.